The number of ether oxygens (including phenoxy) is 1. The van der Waals surface area contributed by atoms with Gasteiger partial charge in [0.15, 0.2) is 0 Å². The predicted octanol–water partition coefficient (Wildman–Crippen LogP) is 2.79. The molecule has 0 spiro atoms. The van der Waals surface area contributed by atoms with Crippen LogP contribution in [0.3, 0.4) is 0 Å². The third-order valence-corrected chi connectivity index (χ3v) is 5.86. The molecule has 3 aromatic rings. The quantitative estimate of drug-likeness (QED) is 0.508. The van der Waals surface area contributed by atoms with E-state index in [9.17, 15) is 10.2 Å². The number of rotatable bonds is 7. The standard InChI is InChI=1S/C23H28N2O3/c26-22(23(27)10-12-28-13-11-23)16-24-14-19(17-6-2-1-3-7-17)20-15-25-21-9-5-4-8-18(20)21/h1-9,15,19,22,24-27H,10-14,16H2. The summed E-state index contributed by atoms with van der Waals surface area (Å²) in [6.07, 6.45) is 2.21. The molecule has 1 aromatic heterocycles. The van der Waals surface area contributed by atoms with Crippen LogP contribution in [0.4, 0.5) is 0 Å². The first-order valence-electron chi connectivity index (χ1n) is 9.97. The van der Waals surface area contributed by atoms with Crippen LogP contribution in [0.25, 0.3) is 10.9 Å². The molecular formula is C23H28N2O3. The van der Waals surface area contributed by atoms with Crippen LogP contribution in [0.15, 0.2) is 60.8 Å². The summed E-state index contributed by atoms with van der Waals surface area (Å²) in [5.74, 6) is 0.147. The van der Waals surface area contributed by atoms with Crippen molar-refractivity contribution in [3.63, 3.8) is 0 Å². The number of aliphatic hydroxyl groups excluding tert-OH is 1. The van der Waals surface area contributed by atoms with Crippen LogP contribution in [0, 0.1) is 0 Å². The lowest BCUT2D eigenvalue weighted by atomic mass is 9.87. The fourth-order valence-corrected chi connectivity index (χ4v) is 4.09. The van der Waals surface area contributed by atoms with Gasteiger partial charge >= 0.3 is 0 Å². The summed E-state index contributed by atoms with van der Waals surface area (Å²) in [4.78, 5) is 3.36. The van der Waals surface area contributed by atoms with Crippen molar-refractivity contribution in [2.75, 3.05) is 26.3 Å². The van der Waals surface area contributed by atoms with Gasteiger partial charge in [0.1, 0.15) is 0 Å². The van der Waals surface area contributed by atoms with E-state index in [1.807, 2.05) is 12.1 Å². The van der Waals surface area contributed by atoms with E-state index < -0.39 is 11.7 Å². The molecule has 4 rings (SSSR count). The van der Waals surface area contributed by atoms with E-state index in [0.29, 0.717) is 39.1 Å². The minimum Gasteiger partial charge on any atom is -0.389 e. The van der Waals surface area contributed by atoms with Crippen LogP contribution in [0.1, 0.15) is 29.9 Å². The van der Waals surface area contributed by atoms with Crippen molar-refractivity contribution in [3.8, 4) is 0 Å². The van der Waals surface area contributed by atoms with Crippen molar-refractivity contribution in [2.24, 2.45) is 0 Å². The smallest absolute Gasteiger partial charge is 0.0961 e. The Morgan fingerprint density at radius 1 is 1.00 bits per heavy atom. The first-order chi connectivity index (χ1) is 13.7. The number of nitrogens with one attached hydrogen (secondary N) is 2. The molecule has 2 atom stereocenters. The van der Waals surface area contributed by atoms with E-state index in [1.54, 1.807) is 0 Å². The molecule has 1 aliphatic rings. The van der Waals surface area contributed by atoms with Crippen LogP contribution in [0.5, 0.6) is 0 Å². The predicted molar refractivity (Wildman–Crippen MR) is 110 cm³/mol. The van der Waals surface area contributed by atoms with E-state index in [0.717, 1.165) is 5.52 Å². The number of benzene rings is 2. The first kappa shape index (κ1) is 19.2. The lowest BCUT2D eigenvalue weighted by molar-refractivity contribution is -0.130. The van der Waals surface area contributed by atoms with Gasteiger partial charge in [0.25, 0.3) is 0 Å². The number of para-hydroxylation sites is 1. The minimum atomic E-state index is -1.06. The number of hydrogen-bond donors (Lipinski definition) is 4. The van der Waals surface area contributed by atoms with Gasteiger partial charge in [-0.15, -0.1) is 0 Å². The van der Waals surface area contributed by atoms with Gasteiger partial charge in [-0.2, -0.15) is 0 Å². The van der Waals surface area contributed by atoms with E-state index >= 15 is 0 Å². The summed E-state index contributed by atoms with van der Waals surface area (Å²) >= 11 is 0. The summed E-state index contributed by atoms with van der Waals surface area (Å²) < 4.78 is 5.31. The molecule has 148 valence electrons. The number of aromatic amines is 1. The molecule has 1 fully saturated rings. The highest BCUT2D eigenvalue weighted by atomic mass is 16.5. The molecule has 0 amide bonds. The Morgan fingerprint density at radius 3 is 2.50 bits per heavy atom. The van der Waals surface area contributed by atoms with Crippen molar-refractivity contribution < 1.29 is 14.9 Å². The third kappa shape index (κ3) is 3.98. The van der Waals surface area contributed by atoms with Crippen LogP contribution in [-0.2, 0) is 4.74 Å². The Hall–Kier alpha value is -2.18. The van der Waals surface area contributed by atoms with Crippen LogP contribution >= 0.6 is 0 Å². The monoisotopic (exact) mass is 380 g/mol. The molecule has 1 aliphatic heterocycles. The molecule has 0 saturated carbocycles. The highest BCUT2D eigenvalue weighted by Crippen LogP contribution is 2.30. The Labute approximate surface area is 165 Å². The first-order valence-corrected chi connectivity index (χ1v) is 9.97. The molecule has 5 nitrogen and oxygen atoms in total. The maximum absolute atomic E-state index is 10.7. The van der Waals surface area contributed by atoms with E-state index in [-0.39, 0.29) is 5.92 Å². The fourth-order valence-electron chi connectivity index (χ4n) is 4.09. The number of aromatic nitrogens is 1. The highest BCUT2D eigenvalue weighted by Gasteiger charge is 2.37. The van der Waals surface area contributed by atoms with Gasteiger partial charge < -0.3 is 25.3 Å². The van der Waals surface area contributed by atoms with Crippen LogP contribution < -0.4 is 5.32 Å². The molecule has 0 bridgehead atoms. The molecule has 4 N–H and O–H groups in total. The maximum atomic E-state index is 10.7. The second kappa shape index (κ2) is 8.45. The van der Waals surface area contributed by atoms with Gasteiger partial charge in [-0.05, 0) is 17.2 Å². The van der Waals surface area contributed by atoms with E-state index in [4.69, 9.17) is 4.74 Å². The number of H-pyrrole nitrogens is 1. The van der Waals surface area contributed by atoms with Gasteiger partial charge in [0.05, 0.1) is 11.7 Å². The van der Waals surface area contributed by atoms with Crippen molar-refractivity contribution in [1.29, 1.82) is 0 Å². The Kier molecular flexibility index (Phi) is 5.78. The van der Waals surface area contributed by atoms with Crippen molar-refractivity contribution in [2.45, 2.75) is 30.5 Å². The molecule has 2 aromatic carbocycles. The summed E-state index contributed by atoms with van der Waals surface area (Å²) in [7, 11) is 0. The van der Waals surface area contributed by atoms with E-state index in [2.05, 4.69) is 59.0 Å². The second-order valence-electron chi connectivity index (χ2n) is 7.64. The molecule has 2 unspecified atom stereocenters. The maximum Gasteiger partial charge on any atom is 0.0961 e. The average molecular weight is 380 g/mol. The summed E-state index contributed by atoms with van der Waals surface area (Å²) in [6, 6.07) is 18.7. The van der Waals surface area contributed by atoms with Gasteiger partial charge in [-0.1, -0.05) is 48.5 Å². The van der Waals surface area contributed by atoms with Crippen LogP contribution in [-0.4, -0.2) is 53.2 Å². The second-order valence-corrected chi connectivity index (χ2v) is 7.64. The molecule has 0 radical (unpaired) electrons. The topological polar surface area (TPSA) is 77.5 Å². The molecule has 1 saturated heterocycles. The molecule has 28 heavy (non-hydrogen) atoms. The van der Waals surface area contributed by atoms with Gasteiger partial charge in [0.2, 0.25) is 0 Å². The van der Waals surface area contributed by atoms with Gasteiger partial charge in [0, 0.05) is 62.2 Å². The van der Waals surface area contributed by atoms with Gasteiger partial charge in [-0.3, -0.25) is 0 Å². The summed E-state index contributed by atoms with van der Waals surface area (Å²) in [6.45, 7) is 2.02. The molecular weight excluding hydrogens is 352 g/mol. The van der Waals surface area contributed by atoms with Crippen molar-refractivity contribution >= 4 is 10.9 Å². The summed E-state index contributed by atoms with van der Waals surface area (Å²) in [5.41, 5.74) is 2.51. The molecule has 2 heterocycles. The van der Waals surface area contributed by atoms with Gasteiger partial charge in [-0.25, -0.2) is 0 Å². The Balaban J connectivity index is 1.51. The number of fused-ring (bicyclic) bond motifs is 1. The zero-order valence-electron chi connectivity index (χ0n) is 16.0. The van der Waals surface area contributed by atoms with Crippen LogP contribution in [0.2, 0.25) is 0 Å². The minimum absolute atomic E-state index is 0.147. The summed E-state index contributed by atoms with van der Waals surface area (Å²) in [5, 5.41) is 25.8. The zero-order valence-corrected chi connectivity index (χ0v) is 16.0. The lowest BCUT2D eigenvalue weighted by Crippen LogP contribution is -2.51. The number of aliphatic hydroxyl groups is 2. The SMILES string of the molecule is OC(CNCC(c1ccccc1)c1c[nH]c2ccccc12)C1(O)CCOCC1. The Bertz CT molecular complexity index is 887. The van der Waals surface area contributed by atoms with Crippen molar-refractivity contribution in [1.82, 2.24) is 10.3 Å². The highest BCUT2D eigenvalue weighted by molar-refractivity contribution is 5.84. The normalized spacial score (nSPS) is 18.8. The van der Waals surface area contributed by atoms with E-state index in [1.165, 1.54) is 16.5 Å². The zero-order chi connectivity index (χ0) is 19.4. The third-order valence-electron chi connectivity index (χ3n) is 5.86. The Morgan fingerprint density at radius 2 is 1.71 bits per heavy atom. The lowest BCUT2D eigenvalue weighted by Gasteiger charge is -2.36. The largest absolute Gasteiger partial charge is 0.389 e. The molecule has 0 aliphatic carbocycles. The molecule has 5 heteroatoms. The number of hydrogen-bond acceptors (Lipinski definition) is 4. The average Bonchev–Trinajstić information content (AvgIpc) is 3.16. The fraction of sp³-hybridized carbons (Fsp3) is 0.391. The van der Waals surface area contributed by atoms with Crippen molar-refractivity contribution in [3.05, 3.63) is 71.9 Å².